The van der Waals surface area contributed by atoms with Gasteiger partial charge in [0.1, 0.15) is 6.07 Å². The number of nitriles is 3. The molecule has 9 aromatic rings. The van der Waals surface area contributed by atoms with Gasteiger partial charge in [-0.15, -0.1) is 0 Å². The fourth-order valence-corrected chi connectivity index (χ4v) is 7.45. The molecule has 0 fully saturated rings. The molecule has 50 heavy (non-hydrogen) atoms. The van der Waals surface area contributed by atoms with Gasteiger partial charge < -0.3 is 9.13 Å². The predicted molar refractivity (Wildman–Crippen MR) is 200 cm³/mol. The number of hydrogen-bond acceptors (Lipinski definition) is 3. The van der Waals surface area contributed by atoms with Crippen LogP contribution >= 0.6 is 0 Å². The maximum absolute atomic E-state index is 10.6. The Morgan fingerprint density at radius 3 is 1.66 bits per heavy atom. The number of hydrogen-bond donors (Lipinski definition) is 0. The lowest BCUT2D eigenvalue weighted by Crippen LogP contribution is -2.02. The molecular formula is C45H25N5. The maximum Gasteiger partial charge on any atom is 0.101 e. The van der Waals surface area contributed by atoms with Crippen LogP contribution in [0, 0.1) is 34.0 Å². The van der Waals surface area contributed by atoms with Crippen LogP contribution in [0.2, 0.25) is 0 Å². The van der Waals surface area contributed by atoms with E-state index in [2.05, 4.69) is 106 Å². The minimum atomic E-state index is 0.487. The van der Waals surface area contributed by atoms with Gasteiger partial charge in [-0.3, -0.25) is 0 Å². The smallest absolute Gasteiger partial charge is 0.101 e. The molecule has 0 saturated heterocycles. The third-order valence-corrected chi connectivity index (χ3v) is 9.63. The van der Waals surface area contributed by atoms with Crippen molar-refractivity contribution in [3.05, 3.63) is 168 Å². The lowest BCUT2D eigenvalue weighted by atomic mass is 9.93. The van der Waals surface area contributed by atoms with E-state index in [1.54, 1.807) is 6.07 Å². The molecule has 7 aromatic carbocycles. The van der Waals surface area contributed by atoms with Gasteiger partial charge in [-0.25, -0.2) is 0 Å². The number of nitrogens with zero attached hydrogens (tertiary/aromatic N) is 5. The van der Waals surface area contributed by atoms with Crippen molar-refractivity contribution in [3.8, 4) is 51.8 Å². The summed E-state index contributed by atoms with van der Waals surface area (Å²) in [5.74, 6) is 0. The highest BCUT2D eigenvalue weighted by atomic mass is 15.0. The van der Waals surface area contributed by atoms with Gasteiger partial charge >= 0.3 is 0 Å². The fourth-order valence-electron chi connectivity index (χ4n) is 7.45. The zero-order chi connectivity index (χ0) is 33.8. The Hall–Kier alpha value is -7.39. The SMILES string of the molecule is N#Cc1ccc2c(c1)c1ccccc1n2-c1c(C#N)cccc1-c1ccc(-c2cccc(-n3c4ccccc4c4ccccc43)c2)cc1C#N. The molecule has 0 aliphatic carbocycles. The Balaban J connectivity index is 1.22. The molecule has 0 N–H and O–H groups in total. The van der Waals surface area contributed by atoms with Crippen molar-refractivity contribution in [2.45, 2.75) is 0 Å². The van der Waals surface area contributed by atoms with Gasteiger partial charge in [-0.1, -0.05) is 91.0 Å². The summed E-state index contributed by atoms with van der Waals surface area (Å²) in [4.78, 5) is 0. The van der Waals surface area contributed by atoms with Crippen molar-refractivity contribution in [1.29, 1.82) is 15.8 Å². The van der Waals surface area contributed by atoms with Crippen molar-refractivity contribution >= 4 is 43.6 Å². The first-order valence-corrected chi connectivity index (χ1v) is 16.3. The van der Waals surface area contributed by atoms with Crippen molar-refractivity contribution in [3.63, 3.8) is 0 Å². The molecule has 2 heterocycles. The van der Waals surface area contributed by atoms with Gasteiger partial charge in [-0.05, 0) is 71.8 Å². The number of para-hydroxylation sites is 4. The van der Waals surface area contributed by atoms with Crippen molar-refractivity contribution in [2.75, 3.05) is 0 Å². The number of fused-ring (bicyclic) bond motifs is 6. The van der Waals surface area contributed by atoms with E-state index in [0.29, 0.717) is 22.4 Å². The number of aromatic nitrogens is 2. The predicted octanol–water partition coefficient (Wildman–Crippen LogP) is 10.8. The molecule has 5 nitrogen and oxygen atoms in total. The first kappa shape index (κ1) is 28.8. The fraction of sp³-hybridized carbons (Fsp3) is 0. The Labute approximate surface area is 287 Å². The van der Waals surface area contributed by atoms with Crippen LogP contribution in [0.4, 0.5) is 0 Å². The van der Waals surface area contributed by atoms with Crippen LogP contribution in [-0.4, -0.2) is 9.13 Å². The Kier molecular flexibility index (Phi) is 6.56. The van der Waals surface area contributed by atoms with E-state index in [9.17, 15) is 15.8 Å². The molecule has 0 unspecified atom stereocenters. The summed E-state index contributed by atoms with van der Waals surface area (Å²) in [5.41, 5.74) is 10.8. The molecule has 0 aliphatic rings. The average Bonchev–Trinajstić information content (AvgIpc) is 3.70. The first-order chi connectivity index (χ1) is 24.7. The van der Waals surface area contributed by atoms with Crippen LogP contribution in [-0.2, 0) is 0 Å². The maximum atomic E-state index is 10.6. The van der Waals surface area contributed by atoms with E-state index >= 15 is 0 Å². The van der Waals surface area contributed by atoms with Gasteiger partial charge in [0.2, 0.25) is 0 Å². The Morgan fingerprint density at radius 1 is 0.380 bits per heavy atom. The molecule has 0 saturated carbocycles. The molecule has 0 bridgehead atoms. The van der Waals surface area contributed by atoms with E-state index < -0.39 is 0 Å². The summed E-state index contributed by atoms with van der Waals surface area (Å²) in [6.07, 6.45) is 0. The second kappa shape index (κ2) is 11.4. The topological polar surface area (TPSA) is 81.2 Å². The van der Waals surface area contributed by atoms with E-state index in [1.807, 2.05) is 66.7 Å². The van der Waals surface area contributed by atoms with Crippen molar-refractivity contribution in [2.24, 2.45) is 0 Å². The number of rotatable bonds is 4. The van der Waals surface area contributed by atoms with Crippen molar-refractivity contribution in [1.82, 2.24) is 9.13 Å². The third-order valence-electron chi connectivity index (χ3n) is 9.63. The Morgan fingerprint density at radius 2 is 0.980 bits per heavy atom. The molecule has 0 radical (unpaired) electrons. The zero-order valence-corrected chi connectivity index (χ0v) is 26.7. The monoisotopic (exact) mass is 635 g/mol. The lowest BCUT2D eigenvalue weighted by molar-refractivity contribution is 1.17. The Bertz CT molecular complexity index is 2920. The summed E-state index contributed by atoms with van der Waals surface area (Å²) in [6.45, 7) is 0. The average molecular weight is 636 g/mol. The summed E-state index contributed by atoms with van der Waals surface area (Å²) in [5, 5.41) is 34.9. The van der Waals surface area contributed by atoms with E-state index in [4.69, 9.17) is 0 Å². The molecule has 230 valence electrons. The van der Waals surface area contributed by atoms with E-state index in [-0.39, 0.29) is 0 Å². The molecule has 2 aromatic heterocycles. The standard InChI is InChI=1S/C45H25N5/c46-26-29-19-22-44-40(23-29)38-14-3-6-18-43(38)50(44)45-32(27-47)10-8-15-39(45)35-21-20-31(24-33(35)28-48)30-9-7-11-34(25-30)49-41-16-4-1-12-36(41)37-13-2-5-17-42(37)49/h1-25H. The summed E-state index contributed by atoms with van der Waals surface area (Å²) < 4.78 is 4.38. The molecule has 9 rings (SSSR count). The summed E-state index contributed by atoms with van der Waals surface area (Å²) >= 11 is 0. The molecular weight excluding hydrogens is 611 g/mol. The van der Waals surface area contributed by atoms with Gasteiger partial charge in [0, 0.05) is 38.4 Å². The summed E-state index contributed by atoms with van der Waals surface area (Å²) in [6, 6.07) is 57.7. The minimum Gasteiger partial charge on any atom is -0.309 e. The van der Waals surface area contributed by atoms with Gasteiger partial charge in [0.15, 0.2) is 0 Å². The van der Waals surface area contributed by atoms with Crippen LogP contribution in [0.25, 0.3) is 77.2 Å². The van der Waals surface area contributed by atoms with E-state index in [1.165, 1.54) is 10.8 Å². The van der Waals surface area contributed by atoms with Gasteiger partial charge in [0.05, 0.1) is 56.6 Å². The molecule has 5 heteroatoms. The van der Waals surface area contributed by atoms with Crippen LogP contribution in [0.3, 0.4) is 0 Å². The highest BCUT2D eigenvalue weighted by Gasteiger charge is 2.21. The quantitative estimate of drug-likeness (QED) is 0.193. The first-order valence-electron chi connectivity index (χ1n) is 16.3. The zero-order valence-electron chi connectivity index (χ0n) is 26.7. The van der Waals surface area contributed by atoms with Crippen LogP contribution in [0.5, 0.6) is 0 Å². The third kappa shape index (κ3) is 4.31. The van der Waals surface area contributed by atoms with Gasteiger partial charge in [-0.2, -0.15) is 15.8 Å². The van der Waals surface area contributed by atoms with Crippen molar-refractivity contribution < 1.29 is 0 Å². The van der Waals surface area contributed by atoms with Gasteiger partial charge in [0.25, 0.3) is 0 Å². The normalized spacial score (nSPS) is 11.1. The second-order valence-electron chi connectivity index (χ2n) is 12.3. The minimum absolute atomic E-state index is 0.487. The highest BCUT2D eigenvalue weighted by Crippen LogP contribution is 2.40. The lowest BCUT2D eigenvalue weighted by Gasteiger charge is -2.17. The van der Waals surface area contributed by atoms with Crippen LogP contribution in [0.1, 0.15) is 16.7 Å². The summed E-state index contributed by atoms with van der Waals surface area (Å²) in [7, 11) is 0. The number of benzene rings is 7. The molecule has 0 atom stereocenters. The second-order valence-corrected chi connectivity index (χ2v) is 12.3. The molecule has 0 spiro atoms. The molecule has 0 aliphatic heterocycles. The van der Waals surface area contributed by atoms with Crippen LogP contribution in [0.15, 0.2) is 152 Å². The van der Waals surface area contributed by atoms with Crippen LogP contribution < -0.4 is 0 Å². The largest absolute Gasteiger partial charge is 0.309 e. The highest BCUT2D eigenvalue weighted by molar-refractivity contribution is 6.11. The van der Waals surface area contributed by atoms with E-state index in [0.717, 1.165) is 60.8 Å². The molecule has 0 amide bonds.